The third-order valence-electron chi connectivity index (χ3n) is 2.43. The highest BCUT2D eigenvalue weighted by Crippen LogP contribution is 2.20. The number of rotatable bonds is 2. The van der Waals surface area contributed by atoms with E-state index in [1.165, 1.54) is 6.07 Å². The number of carbonyl (C=O) groups is 1. The molecule has 5 heteroatoms. The molecule has 0 fully saturated rings. The van der Waals surface area contributed by atoms with E-state index in [1.54, 1.807) is 36.4 Å². The molecule has 0 heterocycles. The summed E-state index contributed by atoms with van der Waals surface area (Å²) in [6, 6.07) is 11.6. The van der Waals surface area contributed by atoms with E-state index in [4.69, 9.17) is 23.1 Å². The van der Waals surface area contributed by atoms with Gasteiger partial charge in [-0.15, -0.1) is 0 Å². The number of carbonyl (C=O) groups excluding carboxylic acids is 1. The van der Waals surface area contributed by atoms with Crippen molar-refractivity contribution in [2.24, 2.45) is 0 Å². The zero-order valence-corrected chi connectivity index (χ0v) is 10.2. The third kappa shape index (κ3) is 2.73. The van der Waals surface area contributed by atoms with Gasteiger partial charge in [0.15, 0.2) is 0 Å². The van der Waals surface area contributed by atoms with E-state index in [9.17, 15) is 4.79 Å². The van der Waals surface area contributed by atoms with E-state index >= 15 is 0 Å². The molecule has 0 unspecified atom stereocenters. The minimum absolute atomic E-state index is 0.247. The third-order valence-corrected chi connectivity index (χ3v) is 2.77. The number of amides is 1. The minimum atomic E-state index is -0.247. The van der Waals surface area contributed by atoms with Crippen molar-refractivity contribution in [1.29, 1.82) is 0 Å². The predicted octanol–water partition coefficient (Wildman–Crippen LogP) is 2.76. The van der Waals surface area contributed by atoms with Gasteiger partial charge in [-0.3, -0.25) is 4.79 Å². The van der Waals surface area contributed by atoms with Gasteiger partial charge in [-0.2, -0.15) is 0 Å². The summed E-state index contributed by atoms with van der Waals surface area (Å²) >= 11 is 5.79. The molecule has 0 saturated carbocycles. The van der Waals surface area contributed by atoms with Crippen LogP contribution in [0.2, 0.25) is 5.02 Å². The number of anilines is 3. The molecule has 0 radical (unpaired) electrons. The van der Waals surface area contributed by atoms with E-state index < -0.39 is 0 Å². The number of nitrogens with one attached hydrogen (secondary N) is 1. The van der Waals surface area contributed by atoms with Crippen LogP contribution in [-0.2, 0) is 0 Å². The zero-order chi connectivity index (χ0) is 13.1. The number of halogens is 1. The maximum absolute atomic E-state index is 11.9. The molecule has 4 nitrogen and oxygen atoms in total. The Labute approximate surface area is 110 Å². The Kier molecular flexibility index (Phi) is 3.39. The molecule has 2 aromatic carbocycles. The molecule has 0 aromatic heterocycles. The largest absolute Gasteiger partial charge is 0.399 e. The van der Waals surface area contributed by atoms with Crippen LogP contribution < -0.4 is 16.8 Å². The summed E-state index contributed by atoms with van der Waals surface area (Å²) in [5, 5.41) is 3.17. The highest BCUT2D eigenvalue weighted by atomic mass is 35.5. The fraction of sp³-hybridized carbons (Fsp3) is 0. The van der Waals surface area contributed by atoms with E-state index in [2.05, 4.69) is 5.32 Å². The number of hydrogen-bond acceptors (Lipinski definition) is 3. The quantitative estimate of drug-likeness (QED) is 0.727. The van der Waals surface area contributed by atoms with Crippen molar-refractivity contribution < 1.29 is 4.79 Å². The summed E-state index contributed by atoms with van der Waals surface area (Å²) in [7, 11) is 0. The van der Waals surface area contributed by atoms with Crippen LogP contribution in [0.15, 0.2) is 42.5 Å². The van der Waals surface area contributed by atoms with Crippen LogP contribution in [0.4, 0.5) is 17.1 Å². The lowest BCUT2D eigenvalue weighted by Gasteiger charge is -2.06. The van der Waals surface area contributed by atoms with Gasteiger partial charge < -0.3 is 16.8 Å². The van der Waals surface area contributed by atoms with Gasteiger partial charge in [-0.1, -0.05) is 11.6 Å². The van der Waals surface area contributed by atoms with Crippen molar-refractivity contribution in [3.63, 3.8) is 0 Å². The van der Waals surface area contributed by atoms with Gasteiger partial charge in [0, 0.05) is 16.9 Å². The molecule has 0 aliphatic rings. The molecule has 2 aromatic rings. The van der Waals surface area contributed by atoms with Crippen molar-refractivity contribution in [3.05, 3.63) is 53.1 Å². The standard InChI is InChI=1S/C13H12ClN3O/c14-11-6-1-8(7-12(11)16)13(18)17-10-4-2-9(15)3-5-10/h1-7H,15-16H2,(H,17,18). The molecule has 1 amide bonds. The molecule has 92 valence electrons. The maximum Gasteiger partial charge on any atom is 0.255 e. The first-order chi connectivity index (χ1) is 8.56. The Bertz CT molecular complexity index is 581. The normalized spacial score (nSPS) is 10.1. The Morgan fingerprint density at radius 2 is 1.72 bits per heavy atom. The molecule has 0 spiro atoms. The summed E-state index contributed by atoms with van der Waals surface area (Å²) in [5.74, 6) is -0.247. The molecule has 0 atom stereocenters. The number of nitrogens with two attached hydrogens (primary N) is 2. The summed E-state index contributed by atoms with van der Waals surface area (Å²) in [4.78, 5) is 11.9. The Morgan fingerprint density at radius 1 is 1.06 bits per heavy atom. The van der Waals surface area contributed by atoms with Crippen LogP contribution in [0.5, 0.6) is 0 Å². The predicted molar refractivity (Wildman–Crippen MR) is 74.7 cm³/mol. The number of hydrogen-bond donors (Lipinski definition) is 3. The van der Waals surface area contributed by atoms with Gasteiger partial charge in [0.2, 0.25) is 0 Å². The van der Waals surface area contributed by atoms with E-state index in [0.717, 1.165) is 0 Å². The van der Waals surface area contributed by atoms with Crippen molar-refractivity contribution in [2.75, 3.05) is 16.8 Å². The fourth-order valence-electron chi connectivity index (χ4n) is 1.45. The van der Waals surface area contributed by atoms with Crippen LogP contribution in [-0.4, -0.2) is 5.91 Å². The number of benzene rings is 2. The Hall–Kier alpha value is -2.20. The van der Waals surface area contributed by atoms with Gasteiger partial charge >= 0.3 is 0 Å². The second kappa shape index (κ2) is 4.98. The molecular weight excluding hydrogens is 250 g/mol. The van der Waals surface area contributed by atoms with Gasteiger partial charge in [0.1, 0.15) is 0 Å². The first-order valence-electron chi connectivity index (χ1n) is 5.28. The van der Waals surface area contributed by atoms with Gasteiger partial charge in [-0.25, -0.2) is 0 Å². The molecule has 0 aliphatic heterocycles. The van der Waals surface area contributed by atoms with E-state index in [1.807, 2.05) is 0 Å². The van der Waals surface area contributed by atoms with Gasteiger partial charge in [-0.05, 0) is 42.5 Å². The molecule has 0 bridgehead atoms. The van der Waals surface area contributed by atoms with E-state index in [0.29, 0.717) is 27.6 Å². The van der Waals surface area contributed by atoms with Crippen LogP contribution in [0.25, 0.3) is 0 Å². The second-order valence-corrected chi connectivity index (χ2v) is 4.22. The average Bonchev–Trinajstić information content (AvgIpc) is 2.35. The summed E-state index contributed by atoms with van der Waals surface area (Å²) in [5.41, 5.74) is 13.3. The van der Waals surface area contributed by atoms with Crippen LogP contribution in [0.3, 0.4) is 0 Å². The lowest BCUT2D eigenvalue weighted by Crippen LogP contribution is -2.12. The smallest absolute Gasteiger partial charge is 0.255 e. The van der Waals surface area contributed by atoms with Gasteiger partial charge in [0.05, 0.1) is 10.7 Å². The topological polar surface area (TPSA) is 81.1 Å². The molecular formula is C13H12ClN3O. The average molecular weight is 262 g/mol. The lowest BCUT2D eigenvalue weighted by molar-refractivity contribution is 0.102. The van der Waals surface area contributed by atoms with Crippen LogP contribution in [0, 0.1) is 0 Å². The fourth-order valence-corrected chi connectivity index (χ4v) is 1.57. The Balaban J connectivity index is 2.16. The lowest BCUT2D eigenvalue weighted by atomic mass is 10.2. The highest BCUT2D eigenvalue weighted by Gasteiger charge is 2.07. The molecule has 0 saturated heterocycles. The summed E-state index contributed by atoms with van der Waals surface area (Å²) in [6.45, 7) is 0. The summed E-state index contributed by atoms with van der Waals surface area (Å²) < 4.78 is 0. The molecule has 2 rings (SSSR count). The molecule has 0 aliphatic carbocycles. The zero-order valence-electron chi connectivity index (χ0n) is 9.48. The van der Waals surface area contributed by atoms with Crippen molar-refractivity contribution in [3.8, 4) is 0 Å². The Morgan fingerprint density at radius 3 is 2.33 bits per heavy atom. The summed E-state index contributed by atoms with van der Waals surface area (Å²) in [6.07, 6.45) is 0. The van der Waals surface area contributed by atoms with Gasteiger partial charge in [0.25, 0.3) is 5.91 Å². The molecule has 5 N–H and O–H groups in total. The first kappa shape index (κ1) is 12.3. The monoisotopic (exact) mass is 261 g/mol. The van der Waals surface area contributed by atoms with Crippen LogP contribution >= 0.6 is 11.6 Å². The minimum Gasteiger partial charge on any atom is -0.399 e. The SMILES string of the molecule is Nc1ccc(NC(=O)c2ccc(Cl)c(N)c2)cc1. The number of nitrogen functional groups attached to an aromatic ring is 2. The molecule has 18 heavy (non-hydrogen) atoms. The first-order valence-corrected chi connectivity index (χ1v) is 5.66. The highest BCUT2D eigenvalue weighted by molar-refractivity contribution is 6.33. The maximum atomic E-state index is 11.9. The van der Waals surface area contributed by atoms with Crippen molar-refractivity contribution in [2.45, 2.75) is 0 Å². The second-order valence-electron chi connectivity index (χ2n) is 3.81. The van der Waals surface area contributed by atoms with Crippen molar-refractivity contribution in [1.82, 2.24) is 0 Å². The van der Waals surface area contributed by atoms with Crippen molar-refractivity contribution >= 4 is 34.6 Å². The van der Waals surface area contributed by atoms with Crippen LogP contribution in [0.1, 0.15) is 10.4 Å². The van der Waals surface area contributed by atoms with E-state index in [-0.39, 0.29) is 5.91 Å².